The van der Waals surface area contributed by atoms with E-state index in [9.17, 15) is 4.79 Å². The Labute approximate surface area is 179 Å². The van der Waals surface area contributed by atoms with E-state index < -0.39 is 0 Å². The quantitative estimate of drug-likeness (QED) is 0.308. The summed E-state index contributed by atoms with van der Waals surface area (Å²) in [5.74, 6) is 1.39. The second-order valence-corrected chi connectivity index (χ2v) is 8.04. The first-order valence-corrected chi connectivity index (χ1v) is 10.4. The van der Waals surface area contributed by atoms with Crippen molar-refractivity contribution in [1.29, 1.82) is 0 Å². The molecule has 8 nitrogen and oxygen atoms in total. The van der Waals surface area contributed by atoms with Gasteiger partial charge in [-0.25, -0.2) is 9.97 Å². The Morgan fingerprint density at radius 1 is 0.774 bits per heavy atom. The molecule has 3 aromatic heterocycles. The van der Waals surface area contributed by atoms with Crippen molar-refractivity contribution in [3.05, 3.63) is 77.1 Å². The Morgan fingerprint density at radius 3 is 2.55 bits per heavy atom. The third-order valence-corrected chi connectivity index (χ3v) is 5.90. The summed E-state index contributed by atoms with van der Waals surface area (Å²) in [7, 11) is 0. The third kappa shape index (κ3) is 3.11. The van der Waals surface area contributed by atoms with Crippen molar-refractivity contribution < 1.29 is 0 Å². The van der Waals surface area contributed by atoms with Crippen LogP contribution in [0.15, 0.2) is 81.6 Å². The van der Waals surface area contributed by atoms with E-state index in [0.29, 0.717) is 22.2 Å². The van der Waals surface area contributed by atoms with Crippen LogP contribution in [0.4, 0.5) is 11.6 Å². The normalized spacial score (nSPS) is 11.5. The maximum Gasteiger partial charge on any atom is 0.271 e. The molecule has 3 heterocycles. The van der Waals surface area contributed by atoms with Gasteiger partial charge in [-0.2, -0.15) is 5.10 Å². The molecule has 0 aliphatic heterocycles. The van der Waals surface area contributed by atoms with Gasteiger partial charge in [0, 0.05) is 15.7 Å². The molecule has 6 aromatic rings. The molecular weight excluding hydrogens is 410 g/mol. The summed E-state index contributed by atoms with van der Waals surface area (Å²) in [6.45, 7) is 0. The third-order valence-electron chi connectivity index (χ3n) is 5.05. The van der Waals surface area contributed by atoms with E-state index in [1.165, 1.54) is 11.8 Å². The molecule has 0 amide bonds. The summed E-state index contributed by atoms with van der Waals surface area (Å²) < 4.78 is 0. The molecule has 0 aliphatic carbocycles. The molecule has 0 aliphatic rings. The van der Waals surface area contributed by atoms with Gasteiger partial charge in [-0.15, -0.1) is 0 Å². The molecule has 3 aromatic carbocycles. The number of hydrogen-bond donors (Lipinski definition) is 4. The van der Waals surface area contributed by atoms with Gasteiger partial charge in [0.2, 0.25) is 0 Å². The fraction of sp³-hybridized carbons (Fsp3) is 0. The van der Waals surface area contributed by atoms with Crippen LogP contribution < -0.4 is 10.9 Å². The Morgan fingerprint density at radius 2 is 1.61 bits per heavy atom. The van der Waals surface area contributed by atoms with Crippen molar-refractivity contribution in [2.24, 2.45) is 0 Å². The largest absolute Gasteiger partial charge is 0.322 e. The van der Waals surface area contributed by atoms with Gasteiger partial charge in [0.15, 0.2) is 11.0 Å². The maximum absolute atomic E-state index is 11.7. The molecule has 6 rings (SSSR count). The molecule has 0 atom stereocenters. The maximum atomic E-state index is 11.7. The highest BCUT2D eigenvalue weighted by atomic mass is 32.2. The van der Waals surface area contributed by atoms with Crippen LogP contribution in [0.5, 0.6) is 0 Å². The summed E-state index contributed by atoms with van der Waals surface area (Å²) in [6, 6.07) is 21.4. The van der Waals surface area contributed by atoms with Crippen LogP contribution in [0.2, 0.25) is 0 Å². The average molecular weight is 425 g/mol. The molecule has 0 saturated heterocycles. The van der Waals surface area contributed by atoms with Crippen LogP contribution in [0.1, 0.15) is 0 Å². The summed E-state index contributed by atoms with van der Waals surface area (Å²) in [5.41, 5.74) is 2.40. The first-order chi connectivity index (χ1) is 15.2. The van der Waals surface area contributed by atoms with Crippen LogP contribution in [-0.2, 0) is 0 Å². The van der Waals surface area contributed by atoms with Gasteiger partial charge in [-0.05, 0) is 54.2 Å². The van der Waals surface area contributed by atoms with E-state index >= 15 is 0 Å². The van der Waals surface area contributed by atoms with Crippen LogP contribution in [0.25, 0.3) is 32.7 Å². The number of H-pyrrole nitrogens is 3. The zero-order valence-corrected chi connectivity index (χ0v) is 16.8. The number of nitrogens with zero attached hydrogens (tertiary/aromatic N) is 3. The van der Waals surface area contributed by atoms with Gasteiger partial charge in [0.1, 0.15) is 5.82 Å². The van der Waals surface area contributed by atoms with Crippen molar-refractivity contribution >= 4 is 56.1 Å². The zero-order valence-electron chi connectivity index (χ0n) is 16.0. The molecule has 0 radical (unpaired) electrons. The minimum Gasteiger partial charge on any atom is -0.322 e. The SMILES string of the molecule is O=c1[nH][nH]c2cc(Sc3nc(Nc4n[nH]c5ccccc45)c4ccccc4n3)ccc12. The Balaban J connectivity index is 1.42. The standard InChI is InChI=1S/C22H15N7OS/c30-21-15-10-9-12(11-18(15)27-29-21)31-22-23-16-7-3-1-5-13(16)19(25-22)24-20-14-6-2-4-8-17(14)26-28-20/h1-11H,(H2,27,29,30)(H2,23,24,25,26,28). The zero-order chi connectivity index (χ0) is 20.8. The van der Waals surface area contributed by atoms with Crippen LogP contribution in [0, 0.1) is 0 Å². The smallest absolute Gasteiger partial charge is 0.271 e. The van der Waals surface area contributed by atoms with Gasteiger partial charge in [-0.3, -0.25) is 20.1 Å². The Kier molecular flexibility index (Phi) is 4.00. The van der Waals surface area contributed by atoms with E-state index in [0.717, 1.165) is 32.2 Å². The molecule has 150 valence electrons. The summed E-state index contributed by atoms with van der Waals surface area (Å²) in [6.07, 6.45) is 0. The van der Waals surface area contributed by atoms with Crippen molar-refractivity contribution in [2.75, 3.05) is 5.32 Å². The number of aromatic nitrogens is 6. The van der Waals surface area contributed by atoms with Crippen LogP contribution in [0.3, 0.4) is 0 Å². The molecule has 0 bridgehead atoms. The predicted octanol–water partition coefficient (Wildman–Crippen LogP) is 4.57. The van der Waals surface area contributed by atoms with Gasteiger partial charge >= 0.3 is 0 Å². The first kappa shape index (κ1) is 17.7. The monoisotopic (exact) mass is 425 g/mol. The average Bonchev–Trinajstić information content (AvgIpc) is 3.37. The molecule has 0 spiro atoms. The van der Waals surface area contributed by atoms with Crippen LogP contribution >= 0.6 is 11.8 Å². The molecule has 0 saturated carbocycles. The fourth-order valence-corrected chi connectivity index (χ4v) is 4.36. The molecule has 0 fully saturated rings. The Hall–Kier alpha value is -4.11. The summed E-state index contributed by atoms with van der Waals surface area (Å²) in [4.78, 5) is 22.2. The van der Waals surface area contributed by atoms with Crippen molar-refractivity contribution in [2.45, 2.75) is 10.1 Å². The highest BCUT2D eigenvalue weighted by Gasteiger charge is 2.13. The Bertz CT molecular complexity index is 1630. The lowest BCUT2D eigenvalue weighted by Gasteiger charge is -2.09. The van der Waals surface area contributed by atoms with E-state index in [2.05, 4.69) is 25.7 Å². The minimum absolute atomic E-state index is 0.133. The lowest BCUT2D eigenvalue weighted by atomic mass is 10.2. The fourth-order valence-electron chi connectivity index (χ4n) is 3.55. The topological polar surface area (TPSA) is 115 Å². The van der Waals surface area contributed by atoms with Gasteiger partial charge < -0.3 is 5.32 Å². The minimum atomic E-state index is -0.133. The number of fused-ring (bicyclic) bond motifs is 3. The van der Waals surface area contributed by atoms with E-state index in [1.807, 2.05) is 60.7 Å². The molecule has 9 heteroatoms. The summed E-state index contributed by atoms with van der Waals surface area (Å²) >= 11 is 1.43. The number of benzene rings is 3. The second-order valence-electron chi connectivity index (χ2n) is 7.00. The number of nitrogens with one attached hydrogen (secondary N) is 4. The molecule has 31 heavy (non-hydrogen) atoms. The predicted molar refractivity (Wildman–Crippen MR) is 122 cm³/mol. The number of anilines is 2. The van der Waals surface area contributed by atoms with Crippen molar-refractivity contribution in [3.8, 4) is 0 Å². The number of aromatic amines is 3. The van der Waals surface area contributed by atoms with E-state index in [-0.39, 0.29) is 5.56 Å². The van der Waals surface area contributed by atoms with Crippen molar-refractivity contribution in [1.82, 2.24) is 30.4 Å². The lowest BCUT2D eigenvalue weighted by molar-refractivity contribution is 1.00. The molecule has 0 unspecified atom stereocenters. The van der Waals surface area contributed by atoms with Gasteiger partial charge in [-0.1, -0.05) is 24.3 Å². The molecular formula is C22H15N7OS. The van der Waals surface area contributed by atoms with E-state index in [4.69, 9.17) is 9.97 Å². The highest BCUT2D eigenvalue weighted by Crippen LogP contribution is 2.32. The first-order valence-electron chi connectivity index (χ1n) is 9.60. The highest BCUT2D eigenvalue weighted by molar-refractivity contribution is 7.99. The number of rotatable bonds is 4. The number of hydrogen-bond acceptors (Lipinski definition) is 6. The second kappa shape index (κ2) is 6.99. The van der Waals surface area contributed by atoms with Crippen LogP contribution in [-0.4, -0.2) is 30.4 Å². The summed E-state index contributed by atoms with van der Waals surface area (Å²) in [5, 5.41) is 19.4. The number of para-hydroxylation sites is 2. The molecule has 4 N–H and O–H groups in total. The van der Waals surface area contributed by atoms with Crippen molar-refractivity contribution in [3.63, 3.8) is 0 Å². The van der Waals surface area contributed by atoms with Gasteiger partial charge in [0.05, 0.1) is 21.9 Å². The van der Waals surface area contributed by atoms with Gasteiger partial charge in [0.25, 0.3) is 5.56 Å². The lowest BCUT2D eigenvalue weighted by Crippen LogP contribution is -1.99. The van der Waals surface area contributed by atoms with E-state index in [1.54, 1.807) is 6.07 Å².